The van der Waals surface area contributed by atoms with Gasteiger partial charge in [-0.15, -0.1) is 0 Å². The average Bonchev–Trinajstić information content (AvgIpc) is 2.67. The van der Waals surface area contributed by atoms with Crippen molar-refractivity contribution >= 4 is 11.8 Å². The first kappa shape index (κ1) is 10.7. The average molecular weight is 216 g/mol. The lowest BCUT2D eigenvalue weighted by atomic mass is 10.2. The van der Waals surface area contributed by atoms with Crippen LogP contribution in [0.3, 0.4) is 0 Å². The minimum absolute atomic E-state index is 0.402. The largest absolute Gasteiger partial charge is 0.374 e. The second kappa shape index (κ2) is 5.35. The molecule has 14 heavy (non-hydrogen) atoms. The summed E-state index contributed by atoms with van der Waals surface area (Å²) < 4.78 is 5.70. The predicted octanol–water partition coefficient (Wildman–Crippen LogP) is 0.412. The Bertz CT molecular complexity index is 174. The highest BCUT2D eigenvalue weighted by Crippen LogP contribution is 2.17. The van der Waals surface area contributed by atoms with Gasteiger partial charge in [0.1, 0.15) is 0 Å². The Morgan fingerprint density at radius 1 is 1.57 bits per heavy atom. The van der Waals surface area contributed by atoms with Crippen molar-refractivity contribution in [2.45, 2.75) is 18.6 Å². The van der Waals surface area contributed by atoms with Gasteiger partial charge in [0.2, 0.25) is 0 Å². The first-order valence-corrected chi connectivity index (χ1v) is 6.61. The van der Waals surface area contributed by atoms with Crippen molar-refractivity contribution in [3.05, 3.63) is 0 Å². The first-order chi connectivity index (χ1) is 6.84. The van der Waals surface area contributed by atoms with Crippen molar-refractivity contribution < 1.29 is 4.74 Å². The third-order valence-electron chi connectivity index (χ3n) is 2.91. The van der Waals surface area contributed by atoms with E-state index in [0.29, 0.717) is 6.10 Å². The summed E-state index contributed by atoms with van der Waals surface area (Å²) in [7, 11) is 2.17. The van der Waals surface area contributed by atoms with Gasteiger partial charge in [0.05, 0.1) is 12.7 Å². The van der Waals surface area contributed by atoms with Crippen LogP contribution in [-0.2, 0) is 4.74 Å². The number of rotatable bonds is 3. The molecule has 2 fully saturated rings. The molecule has 0 aromatic heterocycles. The molecule has 2 rings (SSSR count). The molecule has 0 amide bonds. The number of likely N-dealkylation sites (N-methyl/N-ethyl adjacent to an activating group) is 1. The van der Waals surface area contributed by atoms with Gasteiger partial charge in [-0.3, -0.25) is 0 Å². The van der Waals surface area contributed by atoms with Gasteiger partial charge in [0.15, 0.2) is 0 Å². The van der Waals surface area contributed by atoms with Crippen LogP contribution in [0, 0.1) is 0 Å². The van der Waals surface area contributed by atoms with Crippen molar-refractivity contribution in [3.8, 4) is 0 Å². The van der Waals surface area contributed by atoms with Gasteiger partial charge >= 0.3 is 0 Å². The van der Waals surface area contributed by atoms with Crippen LogP contribution in [0.4, 0.5) is 0 Å². The zero-order valence-corrected chi connectivity index (χ0v) is 9.68. The summed E-state index contributed by atoms with van der Waals surface area (Å²) in [5, 5.41) is 3.60. The standard InChI is InChI=1S/C10H20N2OS/c1-12-3-4-13-10(7-12)6-11-9-2-5-14-8-9/h9-11H,2-8H2,1H3/t9-,10-/m0/s1. The van der Waals surface area contributed by atoms with Crippen molar-refractivity contribution in [1.29, 1.82) is 0 Å². The van der Waals surface area contributed by atoms with Crippen LogP contribution in [0.2, 0.25) is 0 Å². The fourth-order valence-corrected chi connectivity index (χ4v) is 3.17. The third kappa shape index (κ3) is 3.12. The molecule has 0 aromatic rings. The fraction of sp³-hybridized carbons (Fsp3) is 1.00. The van der Waals surface area contributed by atoms with Gasteiger partial charge in [-0.05, 0) is 19.2 Å². The lowest BCUT2D eigenvalue weighted by Gasteiger charge is -2.30. The quantitative estimate of drug-likeness (QED) is 0.738. The van der Waals surface area contributed by atoms with E-state index in [1.54, 1.807) is 0 Å². The Balaban J connectivity index is 1.64. The number of nitrogens with zero attached hydrogens (tertiary/aromatic N) is 1. The lowest BCUT2D eigenvalue weighted by Crippen LogP contribution is -2.46. The van der Waals surface area contributed by atoms with Crippen LogP contribution in [-0.4, -0.2) is 61.8 Å². The van der Waals surface area contributed by atoms with Crippen LogP contribution in [0.5, 0.6) is 0 Å². The summed E-state index contributed by atoms with van der Waals surface area (Å²) in [5.74, 6) is 2.60. The van der Waals surface area contributed by atoms with Gasteiger partial charge in [0, 0.05) is 31.4 Å². The van der Waals surface area contributed by atoms with E-state index in [1.807, 2.05) is 0 Å². The fourth-order valence-electron chi connectivity index (χ4n) is 1.98. The Kier molecular flexibility index (Phi) is 4.10. The monoisotopic (exact) mass is 216 g/mol. The topological polar surface area (TPSA) is 24.5 Å². The van der Waals surface area contributed by atoms with Crippen molar-refractivity contribution in [3.63, 3.8) is 0 Å². The van der Waals surface area contributed by atoms with Crippen LogP contribution >= 0.6 is 11.8 Å². The SMILES string of the molecule is CN1CCO[C@@H](CN[C@H]2CCSC2)C1. The van der Waals surface area contributed by atoms with Crippen molar-refractivity contribution in [2.75, 3.05) is 44.8 Å². The maximum atomic E-state index is 5.70. The van der Waals surface area contributed by atoms with E-state index in [4.69, 9.17) is 4.74 Å². The maximum absolute atomic E-state index is 5.70. The Labute approximate surface area is 90.6 Å². The highest BCUT2D eigenvalue weighted by atomic mass is 32.2. The number of ether oxygens (including phenoxy) is 1. The van der Waals surface area contributed by atoms with Gasteiger partial charge in [0.25, 0.3) is 0 Å². The Morgan fingerprint density at radius 2 is 2.50 bits per heavy atom. The molecule has 2 atom stereocenters. The smallest absolute Gasteiger partial charge is 0.0826 e. The van der Waals surface area contributed by atoms with Crippen LogP contribution < -0.4 is 5.32 Å². The minimum Gasteiger partial charge on any atom is -0.374 e. The molecule has 2 aliphatic heterocycles. The number of hydrogen-bond donors (Lipinski definition) is 1. The lowest BCUT2D eigenvalue weighted by molar-refractivity contribution is -0.0189. The van der Waals surface area contributed by atoms with Crippen LogP contribution in [0.1, 0.15) is 6.42 Å². The van der Waals surface area contributed by atoms with Gasteiger partial charge in [-0.1, -0.05) is 0 Å². The van der Waals surface area contributed by atoms with Gasteiger partial charge in [-0.2, -0.15) is 11.8 Å². The molecule has 0 radical (unpaired) electrons. The van der Waals surface area contributed by atoms with Crippen molar-refractivity contribution in [2.24, 2.45) is 0 Å². The van der Waals surface area contributed by atoms with E-state index in [-0.39, 0.29) is 0 Å². The summed E-state index contributed by atoms with van der Waals surface area (Å²) in [6.07, 6.45) is 1.73. The normalized spacial score (nSPS) is 34.9. The zero-order chi connectivity index (χ0) is 9.80. The van der Waals surface area contributed by atoms with Gasteiger partial charge < -0.3 is 15.0 Å². The summed E-state index contributed by atoms with van der Waals surface area (Å²) in [6.45, 7) is 4.07. The Morgan fingerprint density at radius 3 is 3.21 bits per heavy atom. The highest BCUT2D eigenvalue weighted by Gasteiger charge is 2.20. The molecular weight excluding hydrogens is 196 g/mol. The predicted molar refractivity (Wildman–Crippen MR) is 61.0 cm³/mol. The highest BCUT2D eigenvalue weighted by molar-refractivity contribution is 7.99. The molecule has 0 aliphatic carbocycles. The molecule has 82 valence electrons. The molecule has 3 nitrogen and oxygen atoms in total. The molecule has 2 heterocycles. The molecule has 0 spiro atoms. The maximum Gasteiger partial charge on any atom is 0.0826 e. The van der Waals surface area contributed by atoms with E-state index in [1.165, 1.54) is 17.9 Å². The molecule has 1 N–H and O–H groups in total. The molecule has 2 aliphatic rings. The van der Waals surface area contributed by atoms with E-state index in [9.17, 15) is 0 Å². The number of thioether (sulfide) groups is 1. The summed E-state index contributed by atoms with van der Waals surface area (Å²) >= 11 is 2.06. The molecule has 0 saturated carbocycles. The van der Waals surface area contributed by atoms with E-state index < -0.39 is 0 Å². The summed E-state index contributed by atoms with van der Waals surface area (Å²) in [6, 6.07) is 0.732. The number of nitrogens with one attached hydrogen (secondary N) is 1. The van der Waals surface area contributed by atoms with Crippen LogP contribution in [0.15, 0.2) is 0 Å². The second-order valence-corrected chi connectivity index (χ2v) is 5.37. The number of hydrogen-bond acceptors (Lipinski definition) is 4. The zero-order valence-electron chi connectivity index (χ0n) is 8.87. The molecule has 0 aromatic carbocycles. The second-order valence-electron chi connectivity index (χ2n) is 4.22. The first-order valence-electron chi connectivity index (χ1n) is 5.46. The van der Waals surface area contributed by atoms with Crippen molar-refractivity contribution in [1.82, 2.24) is 10.2 Å². The molecule has 0 bridgehead atoms. The minimum atomic E-state index is 0.402. The summed E-state index contributed by atoms with van der Waals surface area (Å²) in [4.78, 5) is 2.35. The molecule has 2 saturated heterocycles. The van der Waals surface area contributed by atoms with E-state index in [2.05, 4.69) is 29.0 Å². The van der Waals surface area contributed by atoms with Crippen LogP contribution in [0.25, 0.3) is 0 Å². The molecule has 0 unspecified atom stereocenters. The van der Waals surface area contributed by atoms with E-state index in [0.717, 1.165) is 32.3 Å². The van der Waals surface area contributed by atoms with Gasteiger partial charge in [-0.25, -0.2) is 0 Å². The summed E-state index contributed by atoms with van der Waals surface area (Å²) in [5.41, 5.74) is 0. The third-order valence-corrected chi connectivity index (χ3v) is 4.07. The molecule has 4 heteroatoms. The number of morpholine rings is 1. The molecular formula is C10H20N2OS. The van der Waals surface area contributed by atoms with E-state index >= 15 is 0 Å². The Hall–Kier alpha value is 0.230.